The fourth-order valence-electron chi connectivity index (χ4n) is 3.14. The van der Waals surface area contributed by atoms with E-state index < -0.39 is 24.5 Å². The number of ketones is 1. The number of Topliss-reactive ketones (excluding diaryl/α,β-unsaturated/α-hetero) is 1. The molecule has 1 amide bonds. The molecule has 0 saturated carbocycles. The SMILES string of the molecule is O=C(CNC(=O)c1ccco1)O[C@@H](C(=O)c1c[nH]c2ccccc12)c1ccccc1. The third-order valence-electron chi connectivity index (χ3n) is 4.58. The number of carbonyl (C=O) groups is 3. The summed E-state index contributed by atoms with van der Waals surface area (Å²) in [5, 5.41) is 3.16. The lowest BCUT2D eigenvalue weighted by Gasteiger charge is -2.17. The predicted octanol–water partition coefficient (Wildman–Crippen LogP) is 3.66. The molecule has 2 aromatic heterocycles. The summed E-state index contributed by atoms with van der Waals surface area (Å²) < 4.78 is 10.5. The minimum Gasteiger partial charge on any atom is -0.459 e. The van der Waals surface area contributed by atoms with E-state index in [4.69, 9.17) is 9.15 Å². The van der Waals surface area contributed by atoms with Crippen molar-refractivity contribution in [3.63, 3.8) is 0 Å². The van der Waals surface area contributed by atoms with Crippen LogP contribution in [-0.2, 0) is 9.53 Å². The van der Waals surface area contributed by atoms with Gasteiger partial charge in [0.2, 0.25) is 5.78 Å². The molecule has 0 aliphatic rings. The molecule has 4 rings (SSSR count). The highest BCUT2D eigenvalue weighted by Gasteiger charge is 2.28. The lowest BCUT2D eigenvalue weighted by Crippen LogP contribution is -2.32. The topological polar surface area (TPSA) is 101 Å². The van der Waals surface area contributed by atoms with E-state index >= 15 is 0 Å². The number of aromatic nitrogens is 1. The number of benzene rings is 2. The Morgan fingerprint density at radius 2 is 1.73 bits per heavy atom. The van der Waals surface area contributed by atoms with Crippen molar-refractivity contribution in [1.29, 1.82) is 0 Å². The van der Waals surface area contributed by atoms with Crippen molar-refractivity contribution < 1.29 is 23.5 Å². The number of fused-ring (bicyclic) bond motifs is 1. The summed E-state index contributed by atoms with van der Waals surface area (Å²) >= 11 is 0. The molecular formula is C23H18N2O5. The molecule has 7 nitrogen and oxygen atoms in total. The monoisotopic (exact) mass is 402 g/mol. The van der Waals surface area contributed by atoms with Gasteiger partial charge in [-0.25, -0.2) is 0 Å². The summed E-state index contributed by atoms with van der Waals surface area (Å²) in [4.78, 5) is 40.7. The number of rotatable bonds is 7. The van der Waals surface area contributed by atoms with E-state index in [0.29, 0.717) is 11.1 Å². The van der Waals surface area contributed by atoms with Crippen LogP contribution >= 0.6 is 0 Å². The summed E-state index contributed by atoms with van der Waals surface area (Å²) in [5.41, 5.74) is 1.77. The van der Waals surface area contributed by atoms with Crippen LogP contribution in [0.4, 0.5) is 0 Å². The van der Waals surface area contributed by atoms with E-state index in [0.717, 1.165) is 10.9 Å². The highest BCUT2D eigenvalue weighted by atomic mass is 16.5. The lowest BCUT2D eigenvalue weighted by molar-refractivity contribution is -0.146. The van der Waals surface area contributed by atoms with E-state index in [9.17, 15) is 14.4 Å². The van der Waals surface area contributed by atoms with Gasteiger partial charge in [-0.2, -0.15) is 0 Å². The molecule has 0 aliphatic heterocycles. The number of amides is 1. The van der Waals surface area contributed by atoms with Crippen molar-refractivity contribution in [3.8, 4) is 0 Å². The van der Waals surface area contributed by atoms with Crippen LogP contribution in [0.5, 0.6) is 0 Å². The molecule has 0 fully saturated rings. The summed E-state index contributed by atoms with van der Waals surface area (Å²) in [6.07, 6.45) is 1.83. The van der Waals surface area contributed by atoms with Gasteiger partial charge < -0.3 is 19.5 Å². The number of carbonyl (C=O) groups excluding carboxylic acids is 3. The minimum atomic E-state index is -1.14. The van der Waals surface area contributed by atoms with Crippen molar-refractivity contribution in [2.45, 2.75) is 6.10 Å². The number of para-hydroxylation sites is 1. The Morgan fingerprint density at radius 1 is 0.967 bits per heavy atom. The number of aromatic amines is 1. The first-order valence-electron chi connectivity index (χ1n) is 9.30. The lowest BCUT2D eigenvalue weighted by atomic mass is 9.99. The Bertz CT molecular complexity index is 1180. The van der Waals surface area contributed by atoms with Gasteiger partial charge in [0.15, 0.2) is 11.9 Å². The Hall–Kier alpha value is -4.13. The molecule has 0 bridgehead atoms. The van der Waals surface area contributed by atoms with Gasteiger partial charge in [0.25, 0.3) is 5.91 Å². The Kier molecular flexibility index (Phi) is 5.43. The Morgan fingerprint density at radius 3 is 2.50 bits per heavy atom. The zero-order valence-electron chi connectivity index (χ0n) is 15.8. The zero-order valence-corrected chi connectivity index (χ0v) is 15.8. The van der Waals surface area contributed by atoms with Gasteiger partial charge in [0.05, 0.1) is 6.26 Å². The highest BCUT2D eigenvalue weighted by molar-refractivity contribution is 6.10. The van der Waals surface area contributed by atoms with Crippen LogP contribution in [-0.4, -0.2) is 29.2 Å². The molecule has 4 aromatic rings. The van der Waals surface area contributed by atoms with E-state index in [-0.39, 0.29) is 11.5 Å². The molecule has 7 heteroatoms. The van der Waals surface area contributed by atoms with Crippen molar-refractivity contribution in [2.75, 3.05) is 6.54 Å². The third kappa shape index (κ3) is 4.00. The molecule has 2 aromatic carbocycles. The third-order valence-corrected chi connectivity index (χ3v) is 4.58. The molecule has 2 heterocycles. The number of hydrogen-bond donors (Lipinski definition) is 2. The fourth-order valence-corrected chi connectivity index (χ4v) is 3.14. The summed E-state index contributed by atoms with van der Waals surface area (Å²) in [5.74, 6) is -1.56. The van der Waals surface area contributed by atoms with Crippen LogP contribution in [0.3, 0.4) is 0 Å². The molecule has 1 atom stereocenters. The summed E-state index contributed by atoms with van der Waals surface area (Å²) in [6, 6.07) is 19.2. The van der Waals surface area contributed by atoms with Crippen LogP contribution in [0.2, 0.25) is 0 Å². The van der Waals surface area contributed by atoms with Crippen LogP contribution < -0.4 is 5.32 Å². The Labute approximate surface area is 171 Å². The number of furan rings is 1. The van der Waals surface area contributed by atoms with Gasteiger partial charge in [0, 0.05) is 28.2 Å². The van der Waals surface area contributed by atoms with Crippen LogP contribution in [0, 0.1) is 0 Å². The summed E-state index contributed by atoms with van der Waals surface area (Å²) in [6.45, 7) is -0.399. The van der Waals surface area contributed by atoms with Crippen molar-refractivity contribution in [2.24, 2.45) is 0 Å². The van der Waals surface area contributed by atoms with Crippen LogP contribution in [0.15, 0.2) is 83.6 Å². The average Bonchev–Trinajstić information content (AvgIpc) is 3.46. The first-order chi connectivity index (χ1) is 14.6. The van der Waals surface area contributed by atoms with E-state index in [2.05, 4.69) is 10.3 Å². The maximum Gasteiger partial charge on any atom is 0.326 e. The molecule has 0 spiro atoms. The molecular weight excluding hydrogens is 384 g/mol. The number of hydrogen-bond acceptors (Lipinski definition) is 5. The normalized spacial score (nSPS) is 11.7. The van der Waals surface area contributed by atoms with E-state index in [1.54, 1.807) is 36.5 Å². The molecule has 2 N–H and O–H groups in total. The van der Waals surface area contributed by atoms with Gasteiger partial charge in [-0.1, -0.05) is 48.5 Å². The Balaban J connectivity index is 1.54. The van der Waals surface area contributed by atoms with E-state index in [1.165, 1.54) is 12.3 Å². The molecule has 30 heavy (non-hydrogen) atoms. The quantitative estimate of drug-likeness (QED) is 0.363. The molecule has 0 unspecified atom stereocenters. The number of nitrogens with one attached hydrogen (secondary N) is 2. The smallest absolute Gasteiger partial charge is 0.326 e. The largest absolute Gasteiger partial charge is 0.459 e. The van der Waals surface area contributed by atoms with Crippen LogP contribution in [0.1, 0.15) is 32.6 Å². The van der Waals surface area contributed by atoms with Gasteiger partial charge in [-0.15, -0.1) is 0 Å². The number of esters is 1. The maximum atomic E-state index is 13.3. The standard InChI is InChI=1S/C23H18N2O5/c26-20(14-25-23(28)19-11-6-12-29-19)30-22(15-7-2-1-3-8-15)21(27)17-13-24-18-10-5-4-9-16(17)18/h1-13,22,24H,14H2,(H,25,28)/t22-/m1/s1. The highest BCUT2D eigenvalue weighted by Crippen LogP contribution is 2.27. The second-order valence-electron chi connectivity index (χ2n) is 6.55. The van der Waals surface area contributed by atoms with Crippen molar-refractivity contribution in [1.82, 2.24) is 10.3 Å². The average molecular weight is 402 g/mol. The number of H-pyrrole nitrogens is 1. The van der Waals surface area contributed by atoms with E-state index in [1.807, 2.05) is 30.3 Å². The number of ether oxygens (including phenoxy) is 1. The zero-order chi connectivity index (χ0) is 20.9. The van der Waals surface area contributed by atoms with Gasteiger partial charge in [-0.3, -0.25) is 14.4 Å². The van der Waals surface area contributed by atoms with Crippen LogP contribution in [0.25, 0.3) is 10.9 Å². The molecule has 0 radical (unpaired) electrons. The van der Waals surface area contributed by atoms with Crippen molar-refractivity contribution in [3.05, 3.63) is 96.1 Å². The van der Waals surface area contributed by atoms with Crippen molar-refractivity contribution >= 4 is 28.6 Å². The molecule has 150 valence electrons. The summed E-state index contributed by atoms with van der Waals surface area (Å²) in [7, 11) is 0. The molecule has 0 saturated heterocycles. The first-order valence-corrected chi connectivity index (χ1v) is 9.30. The first kappa shape index (κ1) is 19.2. The predicted molar refractivity (Wildman–Crippen MR) is 109 cm³/mol. The van der Waals surface area contributed by atoms with Gasteiger partial charge in [-0.05, 0) is 18.2 Å². The fraction of sp³-hybridized carbons (Fsp3) is 0.0870. The second kappa shape index (κ2) is 8.48. The second-order valence-corrected chi connectivity index (χ2v) is 6.55. The minimum absolute atomic E-state index is 0.0808. The molecule has 0 aliphatic carbocycles. The maximum absolute atomic E-state index is 13.3. The van der Waals surface area contributed by atoms with Gasteiger partial charge in [0.1, 0.15) is 6.54 Å². The van der Waals surface area contributed by atoms with Gasteiger partial charge >= 0.3 is 5.97 Å².